The summed E-state index contributed by atoms with van der Waals surface area (Å²) in [5.41, 5.74) is 0.463. The number of carbonyl (C=O) groups excluding carboxylic acids is 1. The quantitative estimate of drug-likeness (QED) is 0.924. The Morgan fingerprint density at radius 1 is 1.43 bits per heavy atom. The second-order valence-corrected chi connectivity index (χ2v) is 6.52. The summed E-state index contributed by atoms with van der Waals surface area (Å²) in [5, 5.41) is 11.1. The van der Waals surface area contributed by atoms with Crippen LogP contribution in [-0.2, 0) is 4.74 Å². The predicted octanol–water partition coefficient (Wildman–Crippen LogP) is 2.14. The molecule has 21 heavy (non-hydrogen) atoms. The molecule has 1 unspecified atom stereocenters. The summed E-state index contributed by atoms with van der Waals surface area (Å²) in [6.07, 6.45) is 0.682. The van der Waals surface area contributed by atoms with Crippen LogP contribution in [0, 0.1) is 12.8 Å². The number of rotatable bonds is 3. The molecular weight excluding hydrogens is 268 g/mol. The molecule has 1 aliphatic rings. The van der Waals surface area contributed by atoms with Crippen molar-refractivity contribution in [2.45, 2.75) is 39.7 Å². The first-order valence-corrected chi connectivity index (χ1v) is 7.35. The first kappa shape index (κ1) is 15.5. The molecule has 0 saturated carbocycles. The Bertz CT molecular complexity index is 481. The van der Waals surface area contributed by atoms with Gasteiger partial charge in [-0.2, -0.15) is 5.10 Å². The highest BCUT2D eigenvalue weighted by atomic mass is 16.6. The molecule has 116 valence electrons. The molecule has 1 fully saturated rings. The minimum absolute atomic E-state index is 0.351. The van der Waals surface area contributed by atoms with Crippen LogP contribution < -0.4 is 10.2 Å². The van der Waals surface area contributed by atoms with Gasteiger partial charge in [-0.15, -0.1) is 5.10 Å². The van der Waals surface area contributed by atoms with Crippen molar-refractivity contribution >= 4 is 11.9 Å². The van der Waals surface area contributed by atoms with E-state index in [9.17, 15) is 4.79 Å². The zero-order valence-electron chi connectivity index (χ0n) is 13.2. The lowest BCUT2D eigenvalue weighted by molar-refractivity contribution is 0.0520. The van der Waals surface area contributed by atoms with E-state index in [1.165, 1.54) is 0 Å². The monoisotopic (exact) mass is 292 g/mol. The average molecular weight is 292 g/mol. The first-order valence-electron chi connectivity index (χ1n) is 7.35. The fraction of sp³-hybridized carbons (Fsp3) is 0.667. The largest absolute Gasteiger partial charge is 0.444 e. The van der Waals surface area contributed by atoms with Gasteiger partial charge in [0.05, 0.1) is 5.69 Å². The number of hydrogen-bond donors (Lipinski definition) is 1. The number of aryl methyl sites for hydroxylation is 1. The van der Waals surface area contributed by atoms with E-state index in [2.05, 4.69) is 20.4 Å². The molecule has 1 aromatic rings. The van der Waals surface area contributed by atoms with Gasteiger partial charge in [0.25, 0.3) is 0 Å². The van der Waals surface area contributed by atoms with Gasteiger partial charge in [0.1, 0.15) is 5.60 Å². The van der Waals surface area contributed by atoms with Gasteiger partial charge in [0.15, 0.2) is 5.82 Å². The van der Waals surface area contributed by atoms with Gasteiger partial charge < -0.3 is 15.0 Å². The van der Waals surface area contributed by atoms with E-state index in [4.69, 9.17) is 4.74 Å². The summed E-state index contributed by atoms with van der Waals surface area (Å²) in [6.45, 7) is 9.96. The molecule has 0 radical (unpaired) electrons. The molecule has 2 heterocycles. The lowest BCUT2D eigenvalue weighted by atomic mass is 10.1. The zero-order chi connectivity index (χ0) is 15.5. The van der Waals surface area contributed by atoms with Crippen molar-refractivity contribution in [3.8, 4) is 0 Å². The van der Waals surface area contributed by atoms with E-state index >= 15 is 0 Å². The molecular formula is C15H24N4O2. The van der Waals surface area contributed by atoms with Crippen LogP contribution in [0.3, 0.4) is 0 Å². The van der Waals surface area contributed by atoms with Crippen molar-refractivity contribution in [3.63, 3.8) is 0 Å². The van der Waals surface area contributed by atoms with Crippen LogP contribution in [0.1, 0.15) is 32.9 Å². The van der Waals surface area contributed by atoms with Crippen LogP contribution in [0.25, 0.3) is 0 Å². The smallest absolute Gasteiger partial charge is 0.407 e. The lowest BCUT2D eigenvalue weighted by Crippen LogP contribution is -2.36. The third kappa shape index (κ3) is 4.88. The number of hydrogen-bond acceptors (Lipinski definition) is 5. The van der Waals surface area contributed by atoms with E-state index < -0.39 is 5.60 Å². The Balaban J connectivity index is 1.78. The van der Waals surface area contributed by atoms with Gasteiger partial charge in [0.2, 0.25) is 0 Å². The number of ether oxygens (including phenoxy) is 1. The topological polar surface area (TPSA) is 67.4 Å². The standard InChI is InChI=1S/C15H24N4O2/c1-11-5-6-13(18-17-11)19-8-7-12(10-19)9-16-14(20)21-15(2,3)4/h5-6,12H,7-10H2,1-4H3,(H,16,20). The van der Waals surface area contributed by atoms with Gasteiger partial charge >= 0.3 is 6.09 Å². The van der Waals surface area contributed by atoms with Gasteiger partial charge in [-0.3, -0.25) is 0 Å². The summed E-state index contributed by atoms with van der Waals surface area (Å²) in [4.78, 5) is 13.8. The summed E-state index contributed by atoms with van der Waals surface area (Å²) < 4.78 is 5.24. The predicted molar refractivity (Wildman–Crippen MR) is 81.3 cm³/mol. The maximum absolute atomic E-state index is 11.6. The van der Waals surface area contributed by atoms with Crippen molar-refractivity contribution in [1.82, 2.24) is 15.5 Å². The average Bonchev–Trinajstić information content (AvgIpc) is 2.84. The van der Waals surface area contributed by atoms with Crippen molar-refractivity contribution in [2.24, 2.45) is 5.92 Å². The second-order valence-electron chi connectivity index (χ2n) is 6.52. The molecule has 0 aromatic carbocycles. The fourth-order valence-corrected chi connectivity index (χ4v) is 2.31. The summed E-state index contributed by atoms with van der Waals surface area (Å²) in [5.74, 6) is 1.32. The lowest BCUT2D eigenvalue weighted by Gasteiger charge is -2.21. The number of alkyl carbamates (subject to hydrolysis) is 1. The molecule has 1 atom stereocenters. The van der Waals surface area contributed by atoms with Crippen molar-refractivity contribution in [2.75, 3.05) is 24.5 Å². The number of nitrogens with zero attached hydrogens (tertiary/aromatic N) is 3. The van der Waals surface area contributed by atoms with Gasteiger partial charge in [-0.05, 0) is 52.2 Å². The summed E-state index contributed by atoms with van der Waals surface area (Å²) >= 11 is 0. The third-order valence-corrected chi connectivity index (χ3v) is 3.33. The normalized spacial score (nSPS) is 18.7. The van der Waals surface area contributed by atoms with E-state index in [1.807, 2.05) is 39.8 Å². The molecule has 1 N–H and O–H groups in total. The van der Waals surface area contributed by atoms with E-state index in [0.29, 0.717) is 12.5 Å². The highest BCUT2D eigenvalue weighted by Gasteiger charge is 2.25. The number of carbonyl (C=O) groups is 1. The first-order chi connectivity index (χ1) is 9.83. The zero-order valence-corrected chi connectivity index (χ0v) is 13.2. The number of anilines is 1. The second kappa shape index (κ2) is 6.28. The van der Waals surface area contributed by atoms with Crippen molar-refractivity contribution in [3.05, 3.63) is 17.8 Å². The van der Waals surface area contributed by atoms with Crippen molar-refractivity contribution < 1.29 is 9.53 Å². The molecule has 6 heteroatoms. The molecule has 1 amide bonds. The Morgan fingerprint density at radius 3 is 2.81 bits per heavy atom. The molecule has 0 bridgehead atoms. The van der Waals surface area contributed by atoms with Crippen LogP contribution in [0.4, 0.5) is 10.6 Å². The molecule has 2 rings (SSSR count). The van der Waals surface area contributed by atoms with Gasteiger partial charge in [0, 0.05) is 19.6 Å². The Labute approximate surface area is 125 Å². The van der Waals surface area contributed by atoms with Crippen LogP contribution >= 0.6 is 0 Å². The number of aromatic nitrogens is 2. The number of amides is 1. The van der Waals surface area contributed by atoms with E-state index in [-0.39, 0.29) is 6.09 Å². The molecule has 1 saturated heterocycles. The van der Waals surface area contributed by atoms with Crippen LogP contribution in [0.2, 0.25) is 0 Å². The maximum Gasteiger partial charge on any atom is 0.407 e. The number of nitrogens with one attached hydrogen (secondary N) is 1. The van der Waals surface area contributed by atoms with E-state index in [1.54, 1.807) is 0 Å². The summed E-state index contributed by atoms with van der Waals surface area (Å²) in [6, 6.07) is 3.96. The maximum atomic E-state index is 11.6. The highest BCUT2D eigenvalue weighted by molar-refractivity contribution is 5.67. The molecule has 1 aromatic heterocycles. The molecule has 6 nitrogen and oxygen atoms in total. The van der Waals surface area contributed by atoms with Crippen LogP contribution in [0.5, 0.6) is 0 Å². The molecule has 0 aliphatic carbocycles. The fourth-order valence-electron chi connectivity index (χ4n) is 2.31. The Kier molecular flexibility index (Phi) is 4.65. The highest BCUT2D eigenvalue weighted by Crippen LogP contribution is 2.21. The minimum atomic E-state index is -0.455. The van der Waals surface area contributed by atoms with Crippen molar-refractivity contribution in [1.29, 1.82) is 0 Å². The van der Waals surface area contributed by atoms with Crippen LogP contribution in [0.15, 0.2) is 12.1 Å². The van der Waals surface area contributed by atoms with Crippen LogP contribution in [-0.4, -0.2) is 41.5 Å². The SMILES string of the molecule is Cc1ccc(N2CCC(CNC(=O)OC(C)(C)C)C2)nn1. The van der Waals surface area contributed by atoms with Gasteiger partial charge in [-0.1, -0.05) is 0 Å². The molecule has 0 spiro atoms. The van der Waals surface area contributed by atoms with E-state index in [0.717, 1.165) is 31.0 Å². The minimum Gasteiger partial charge on any atom is -0.444 e. The summed E-state index contributed by atoms with van der Waals surface area (Å²) in [7, 11) is 0. The Morgan fingerprint density at radius 2 is 2.19 bits per heavy atom. The third-order valence-electron chi connectivity index (χ3n) is 3.33. The van der Waals surface area contributed by atoms with Gasteiger partial charge in [-0.25, -0.2) is 4.79 Å². The molecule has 1 aliphatic heterocycles. The Hall–Kier alpha value is -1.85.